The molecular weight excluding hydrogens is 378 g/mol. The van der Waals surface area contributed by atoms with Crippen LogP contribution in [0.3, 0.4) is 0 Å². The van der Waals surface area contributed by atoms with Crippen LogP contribution in [0.5, 0.6) is 17.2 Å². The Morgan fingerprint density at radius 1 is 1.04 bits per heavy atom. The Morgan fingerprint density at radius 3 is 2.32 bits per heavy atom. The molecule has 1 amide bonds. The Bertz CT molecular complexity index is 919. The van der Waals surface area contributed by atoms with Crippen LogP contribution in [0.4, 0.5) is 10.8 Å². The Kier molecular flexibility index (Phi) is 6.33. The largest absolute Gasteiger partial charge is 0.493 e. The molecule has 0 bridgehead atoms. The minimum absolute atomic E-state index is 0.167. The molecule has 2 N–H and O–H groups in total. The van der Waals surface area contributed by atoms with Crippen molar-refractivity contribution in [3.05, 3.63) is 59.1 Å². The molecule has 2 aromatic carbocycles. The molecule has 1 heterocycles. The molecule has 8 heteroatoms. The molecule has 0 fully saturated rings. The van der Waals surface area contributed by atoms with Crippen molar-refractivity contribution in [1.29, 1.82) is 0 Å². The molecule has 0 radical (unpaired) electrons. The zero-order valence-corrected chi connectivity index (χ0v) is 16.6. The summed E-state index contributed by atoms with van der Waals surface area (Å²) >= 11 is 1.26. The maximum Gasteiger partial charge on any atom is 0.263 e. The van der Waals surface area contributed by atoms with E-state index in [1.54, 1.807) is 39.7 Å². The minimum Gasteiger partial charge on any atom is -0.493 e. The lowest BCUT2D eigenvalue weighted by molar-refractivity contribution is 0.0954. The fraction of sp³-hybridized carbons (Fsp3) is 0.200. The molecule has 0 saturated heterocycles. The van der Waals surface area contributed by atoms with Crippen LogP contribution in [-0.2, 0) is 6.54 Å². The van der Waals surface area contributed by atoms with E-state index in [9.17, 15) is 4.79 Å². The number of carbonyl (C=O) groups is 1. The summed E-state index contributed by atoms with van der Waals surface area (Å²) in [4.78, 5) is 17.1. The van der Waals surface area contributed by atoms with Gasteiger partial charge in [0.2, 0.25) is 5.75 Å². The zero-order valence-electron chi connectivity index (χ0n) is 15.8. The third kappa shape index (κ3) is 4.52. The number of amides is 1. The standard InChI is InChI=1S/C20H21N3O4S/c1-25-15-9-14(10-16(26-2)18(15)27-3)23-20-22-12-17(28-20)19(24)21-11-13-7-5-4-6-8-13/h4-10,12H,11H2,1-3H3,(H,21,24)(H,22,23). The molecule has 0 aliphatic rings. The van der Waals surface area contributed by atoms with Crippen LogP contribution >= 0.6 is 11.3 Å². The van der Waals surface area contributed by atoms with Crippen molar-refractivity contribution >= 4 is 28.1 Å². The molecule has 28 heavy (non-hydrogen) atoms. The summed E-state index contributed by atoms with van der Waals surface area (Å²) in [6, 6.07) is 13.3. The predicted molar refractivity (Wildman–Crippen MR) is 109 cm³/mol. The molecule has 0 atom stereocenters. The average Bonchev–Trinajstić information content (AvgIpc) is 3.20. The van der Waals surface area contributed by atoms with E-state index < -0.39 is 0 Å². The number of ether oxygens (including phenoxy) is 3. The van der Waals surface area contributed by atoms with Crippen LogP contribution in [0.2, 0.25) is 0 Å². The number of rotatable bonds is 8. The van der Waals surface area contributed by atoms with Crippen molar-refractivity contribution in [3.63, 3.8) is 0 Å². The van der Waals surface area contributed by atoms with Gasteiger partial charge in [-0.05, 0) is 5.56 Å². The Hall–Kier alpha value is -3.26. The minimum atomic E-state index is -0.167. The maximum absolute atomic E-state index is 12.3. The van der Waals surface area contributed by atoms with Gasteiger partial charge in [-0.2, -0.15) is 0 Å². The highest BCUT2D eigenvalue weighted by Gasteiger charge is 2.15. The van der Waals surface area contributed by atoms with Gasteiger partial charge in [0, 0.05) is 24.4 Å². The van der Waals surface area contributed by atoms with Crippen molar-refractivity contribution in [1.82, 2.24) is 10.3 Å². The highest BCUT2D eigenvalue weighted by atomic mass is 32.1. The first-order valence-electron chi connectivity index (χ1n) is 8.49. The highest BCUT2D eigenvalue weighted by Crippen LogP contribution is 2.40. The molecule has 3 aromatic rings. The van der Waals surface area contributed by atoms with E-state index in [0.717, 1.165) is 5.56 Å². The number of carbonyl (C=O) groups excluding carboxylic acids is 1. The Labute approximate surface area is 167 Å². The molecule has 7 nitrogen and oxygen atoms in total. The lowest BCUT2D eigenvalue weighted by Gasteiger charge is -2.14. The number of nitrogens with zero attached hydrogens (tertiary/aromatic N) is 1. The van der Waals surface area contributed by atoms with Gasteiger partial charge in [-0.15, -0.1) is 0 Å². The van der Waals surface area contributed by atoms with Crippen molar-refractivity contribution in [3.8, 4) is 17.2 Å². The van der Waals surface area contributed by atoms with Crippen LogP contribution < -0.4 is 24.8 Å². The second-order valence-corrected chi connectivity index (χ2v) is 6.77. The molecule has 0 aliphatic carbocycles. The summed E-state index contributed by atoms with van der Waals surface area (Å²) in [5.41, 5.74) is 1.75. The van der Waals surface area contributed by atoms with Gasteiger partial charge in [-0.1, -0.05) is 41.7 Å². The van der Waals surface area contributed by atoms with E-state index in [2.05, 4.69) is 15.6 Å². The van der Waals surface area contributed by atoms with E-state index in [4.69, 9.17) is 14.2 Å². The molecule has 0 spiro atoms. The van der Waals surface area contributed by atoms with Gasteiger partial charge in [0.15, 0.2) is 16.6 Å². The van der Waals surface area contributed by atoms with Gasteiger partial charge in [-0.25, -0.2) is 4.98 Å². The van der Waals surface area contributed by atoms with Crippen LogP contribution in [0.25, 0.3) is 0 Å². The van der Waals surface area contributed by atoms with Crippen molar-refractivity contribution in [2.24, 2.45) is 0 Å². The molecular formula is C20H21N3O4S. The summed E-state index contributed by atoms with van der Waals surface area (Å²) in [6.07, 6.45) is 1.55. The fourth-order valence-electron chi connectivity index (χ4n) is 2.58. The highest BCUT2D eigenvalue weighted by molar-refractivity contribution is 7.17. The molecule has 0 aliphatic heterocycles. The summed E-state index contributed by atoms with van der Waals surface area (Å²) in [5.74, 6) is 1.40. The van der Waals surface area contributed by atoms with Gasteiger partial charge in [0.1, 0.15) is 4.88 Å². The van der Waals surface area contributed by atoms with E-state index >= 15 is 0 Å². The van der Waals surface area contributed by atoms with E-state index in [1.807, 2.05) is 30.3 Å². The zero-order chi connectivity index (χ0) is 19.9. The molecule has 146 valence electrons. The lowest BCUT2D eigenvalue weighted by Crippen LogP contribution is -2.21. The topological polar surface area (TPSA) is 81.7 Å². The van der Waals surface area contributed by atoms with Crippen molar-refractivity contribution in [2.75, 3.05) is 26.6 Å². The Morgan fingerprint density at radius 2 is 1.71 bits per heavy atom. The molecule has 0 saturated carbocycles. The number of nitrogens with one attached hydrogen (secondary N) is 2. The van der Waals surface area contributed by atoms with Gasteiger partial charge in [0.25, 0.3) is 5.91 Å². The summed E-state index contributed by atoms with van der Waals surface area (Å²) in [6.45, 7) is 0.465. The maximum atomic E-state index is 12.3. The normalized spacial score (nSPS) is 10.2. The van der Waals surface area contributed by atoms with E-state index in [-0.39, 0.29) is 5.91 Å². The molecule has 1 aromatic heterocycles. The lowest BCUT2D eigenvalue weighted by atomic mass is 10.2. The monoisotopic (exact) mass is 399 g/mol. The number of anilines is 2. The fourth-order valence-corrected chi connectivity index (χ4v) is 3.33. The molecule has 3 rings (SSSR count). The second kappa shape index (κ2) is 9.09. The smallest absolute Gasteiger partial charge is 0.263 e. The summed E-state index contributed by atoms with van der Waals surface area (Å²) in [5, 5.41) is 6.64. The summed E-state index contributed by atoms with van der Waals surface area (Å²) in [7, 11) is 4.66. The number of hydrogen-bond acceptors (Lipinski definition) is 7. The average molecular weight is 399 g/mol. The number of hydrogen-bond donors (Lipinski definition) is 2. The van der Waals surface area contributed by atoms with Crippen LogP contribution in [-0.4, -0.2) is 32.2 Å². The number of thiazole rings is 1. The number of methoxy groups -OCH3 is 3. The Balaban J connectivity index is 1.69. The SMILES string of the molecule is COc1cc(Nc2ncc(C(=O)NCc3ccccc3)s2)cc(OC)c1OC. The summed E-state index contributed by atoms with van der Waals surface area (Å²) < 4.78 is 16.0. The third-order valence-electron chi connectivity index (χ3n) is 3.94. The number of benzene rings is 2. The first-order valence-corrected chi connectivity index (χ1v) is 9.31. The van der Waals surface area contributed by atoms with Gasteiger partial charge < -0.3 is 24.8 Å². The third-order valence-corrected chi connectivity index (χ3v) is 4.85. The van der Waals surface area contributed by atoms with Crippen LogP contribution in [0, 0.1) is 0 Å². The van der Waals surface area contributed by atoms with Crippen molar-refractivity contribution < 1.29 is 19.0 Å². The van der Waals surface area contributed by atoms with Crippen LogP contribution in [0.15, 0.2) is 48.7 Å². The van der Waals surface area contributed by atoms with E-state index in [0.29, 0.717) is 39.5 Å². The van der Waals surface area contributed by atoms with Gasteiger partial charge in [-0.3, -0.25) is 4.79 Å². The van der Waals surface area contributed by atoms with E-state index in [1.165, 1.54) is 11.3 Å². The van der Waals surface area contributed by atoms with Crippen molar-refractivity contribution in [2.45, 2.75) is 6.54 Å². The quantitative estimate of drug-likeness (QED) is 0.599. The second-order valence-electron chi connectivity index (χ2n) is 5.74. The van der Waals surface area contributed by atoms with Crippen LogP contribution in [0.1, 0.15) is 15.2 Å². The van der Waals surface area contributed by atoms with Gasteiger partial charge in [0.05, 0.1) is 27.5 Å². The first kappa shape index (κ1) is 19.5. The number of aromatic nitrogens is 1. The molecule has 0 unspecified atom stereocenters. The predicted octanol–water partition coefficient (Wildman–Crippen LogP) is 3.84. The van der Waals surface area contributed by atoms with Gasteiger partial charge >= 0.3 is 0 Å². The first-order chi connectivity index (χ1) is 13.6.